The van der Waals surface area contributed by atoms with E-state index in [0.717, 1.165) is 30.6 Å². The number of halogens is 2. The number of carbonyl (C=O) groups is 1. The van der Waals surface area contributed by atoms with Crippen LogP contribution >= 0.6 is 0 Å². The van der Waals surface area contributed by atoms with Crippen molar-refractivity contribution in [2.45, 2.75) is 45.0 Å². The van der Waals surface area contributed by atoms with Gasteiger partial charge in [0.15, 0.2) is 0 Å². The van der Waals surface area contributed by atoms with Crippen LogP contribution in [0.1, 0.15) is 39.0 Å². The Morgan fingerprint density at radius 2 is 2.06 bits per heavy atom. The molecule has 0 aromatic rings. The maximum atomic E-state index is 12.8. The third-order valence-corrected chi connectivity index (χ3v) is 6.41. The van der Waals surface area contributed by atoms with Crippen LogP contribution in [-0.4, -0.2) is 18.5 Å². The van der Waals surface area contributed by atoms with Gasteiger partial charge < -0.3 is 4.74 Å². The van der Waals surface area contributed by atoms with E-state index in [2.05, 4.69) is 0 Å². The Morgan fingerprint density at radius 1 is 1.28 bits per heavy atom. The van der Waals surface area contributed by atoms with Crippen LogP contribution in [0.15, 0.2) is 0 Å². The molecule has 100 valence electrons. The lowest BCUT2D eigenvalue weighted by atomic mass is 9.32. The zero-order chi connectivity index (χ0) is 12.8. The molecule has 4 fully saturated rings. The molecule has 5 atom stereocenters. The van der Waals surface area contributed by atoms with Crippen LogP contribution in [0.5, 0.6) is 0 Å². The highest BCUT2D eigenvalue weighted by molar-refractivity contribution is 5.77. The summed E-state index contributed by atoms with van der Waals surface area (Å²) in [6.45, 7) is 0.848. The molecule has 0 N–H and O–H groups in total. The quantitative estimate of drug-likeness (QED) is 0.725. The minimum atomic E-state index is -3.35. The van der Waals surface area contributed by atoms with Gasteiger partial charge in [0.1, 0.15) is 0 Å². The number of fused-ring (bicyclic) bond motifs is 1. The predicted octanol–water partition coefficient (Wildman–Crippen LogP) is 3.01. The summed E-state index contributed by atoms with van der Waals surface area (Å²) < 4.78 is 30.6. The summed E-state index contributed by atoms with van der Waals surface area (Å²) in [5.41, 5.74) is 0.464. The first kappa shape index (κ1) is 11.2. The molecule has 0 aromatic heterocycles. The summed E-state index contributed by atoms with van der Waals surface area (Å²) in [5.74, 6) is -2.33. The van der Waals surface area contributed by atoms with Gasteiger partial charge in [-0.3, -0.25) is 0 Å². The van der Waals surface area contributed by atoms with Gasteiger partial charge in [0.25, 0.3) is 0 Å². The molecule has 0 heterocycles. The Morgan fingerprint density at radius 3 is 2.67 bits per heavy atom. The second-order valence-electron chi connectivity index (χ2n) is 7.13. The lowest BCUT2D eigenvalue weighted by Crippen LogP contribution is -2.68. The number of hydrogen-bond donors (Lipinski definition) is 0. The molecule has 2 nitrogen and oxygen atoms in total. The highest BCUT2D eigenvalue weighted by Gasteiger charge is 2.80. The molecule has 4 aliphatic carbocycles. The third kappa shape index (κ3) is 1.03. The van der Waals surface area contributed by atoms with E-state index in [0.29, 0.717) is 12.3 Å². The fourth-order valence-corrected chi connectivity index (χ4v) is 5.98. The molecule has 0 amide bonds. The van der Waals surface area contributed by atoms with E-state index >= 15 is 0 Å². The van der Waals surface area contributed by atoms with Gasteiger partial charge in [-0.15, -0.1) is 0 Å². The summed E-state index contributed by atoms with van der Waals surface area (Å²) >= 11 is 0. The summed E-state index contributed by atoms with van der Waals surface area (Å²) in [5, 5.41) is 0. The van der Waals surface area contributed by atoms with Gasteiger partial charge in [0.05, 0.1) is 6.61 Å². The van der Waals surface area contributed by atoms with Crippen LogP contribution in [0.25, 0.3) is 0 Å². The Hall–Kier alpha value is -0.670. The van der Waals surface area contributed by atoms with Gasteiger partial charge in [0.2, 0.25) is 0 Å². The lowest BCUT2D eigenvalue weighted by molar-refractivity contribution is -0.263. The van der Waals surface area contributed by atoms with Crippen molar-refractivity contribution in [1.29, 1.82) is 0 Å². The van der Waals surface area contributed by atoms with E-state index in [-0.39, 0.29) is 12.0 Å². The molecule has 4 rings (SSSR count). The van der Waals surface area contributed by atoms with E-state index < -0.39 is 11.9 Å². The second-order valence-corrected chi connectivity index (χ2v) is 7.13. The molecule has 4 heteroatoms. The average molecular weight is 256 g/mol. The molecule has 2 bridgehead atoms. The maximum absolute atomic E-state index is 12.8. The summed E-state index contributed by atoms with van der Waals surface area (Å²) in [4.78, 5) is 11.2. The number of carbonyl (C=O) groups excluding carboxylic acids is 1. The molecule has 4 saturated carbocycles. The van der Waals surface area contributed by atoms with Crippen LogP contribution in [0.2, 0.25) is 0 Å². The zero-order valence-electron chi connectivity index (χ0n) is 10.5. The molecule has 5 unspecified atom stereocenters. The molecule has 18 heavy (non-hydrogen) atoms. The lowest BCUT2D eigenvalue weighted by Gasteiger charge is -2.72. The number of rotatable bonds is 3. The Kier molecular flexibility index (Phi) is 1.81. The van der Waals surface area contributed by atoms with E-state index in [1.54, 1.807) is 0 Å². The standard InChI is InChI=1S/C14H18F2O2/c1-12(15,16)11(17)18-7-13-4-8-2-9-3-10(6-13)14(9,13)5-8/h8-10H,2-7H2,1H3. The average Bonchev–Trinajstić information content (AvgIpc) is 2.71. The van der Waals surface area contributed by atoms with Crippen molar-refractivity contribution in [3.63, 3.8) is 0 Å². The van der Waals surface area contributed by atoms with Crippen LogP contribution in [0.3, 0.4) is 0 Å². The zero-order valence-corrected chi connectivity index (χ0v) is 10.5. The SMILES string of the molecule is CC(F)(F)C(=O)OCC12CC3CC4CC(C1)C42C3. The fourth-order valence-electron chi connectivity index (χ4n) is 5.98. The third-order valence-electron chi connectivity index (χ3n) is 6.41. The molecular weight excluding hydrogens is 238 g/mol. The van der Waals surface area contributed by atoms with Gasteiger partial charge in [0, 0.05) is 12.3 Å². The number of esters is 1. The molecule has 1 spiro atoms. The van der Waals surface area contributed by atoms with Crippen molar-refractivity contribution in [1.82, 2.24) is 0 Å². The maximum Gasteiger partial charge on any atom is 0.376 e. The molecule has 0 saturated heterocycles. The number of hydrogen-bond acceptors (Lipinski definition) is 2. The molecular formula is C14H18F2O2. The van der Waals surface area contributed by atoms with Crippen LogP contribution in [-0.2, 0) is 9.53 Å². The van der Waals surface area contributed by atoms with E-state index in [9.17, 15) is 13.6 Å². The van der Waals surface area contributed by atoms with Gasteiger partial charge in [-0.1, -0.05) is 0 Å². The molecule has 0 aliphatic heterocycles. The number of alkyl halides is 2. The fraction of sp³-hybridized carbons (Fsp3) is 0.929. The molecule has 0 radical (unpaired) electrons. The molecule has 0 aromatic carbocycles. The summed E-state index contributed by atoms with van der Waals surface area (Å²) in [6.07, 6.45) is 6.12. The summed E-state index contributed by atoms with van der Waals surface area (Å²) in [7, 11) is 0. The first-order valence-corrected chi connectivity index (χ1v) is 6.92. The van der Waals surface area contributed by atoms with E-state index in [1.165, 1.54) is 19.3 Å². The minimum Gasteiger partial charge on any atom is -0.461 e. The predicted molar refractivity (Wildman–Crippen MR) is 60.0 cm³/mol. The normalized spacial score (nSPS) is 51.4. The highest BCUT2D eigenvalue weighted by Crippen LogP contribution is 2.86. The molecule has 4 aliphatic rings. The van der Waals surface area contributed by atoms with E-state index in [1.807, 2.05) is 0 Å². The van der Waals surface area contributed by atoms with E-state index in [4.69, 9.17) is 4.74 Å². The Bertz CT molecular complexity index is 430. The smallest absolute Gasteiger partial charge is 0.376 e. The van der Waals surface area contributed by atoms with Crippen molar-refractivity contribution in [3.8, 4) is 0 Å². The van der Waals surface area contributed by atoms with Crippen molar-refractivity contribution < 1.29 is 18.3 Å². The second kappa shape index (κ2) is 2.91. The van der Waals surface area contributed by atoms with Gasteiger partial charge in [-0.25, -0.2) is 4.79 Å². The Balaban J connectivity index is 1.49. The summed E-state index contributed by atoms with van der Waals surface area (Å²) in [6, 6.07) is 0. The largest absolute Gasteiger partial charge is 0.461 e. The van der Waals surface area contributed by atoms with Crippen LogP contribution in [0, 0.1) is 28.6 Å². The number of ether oxygens (including phenoxy) is 1. The minimum absolute atomic E-state index is 0.0738. The van der Waals surface area contributed by atoms with Crippen molar-refractivity contribution in [2.24, 2.45) is 28.6 Å². The van der Waals surface area contributed by atoms with Crippen LogP contribution in [0.4, 0.5) is 8.78 Å². The van der Waals surface area contributed by atoms with Crippen LogP contribution < -0.4 is 0 Å². The topological polar surface area (TPSA) is 26.3 Å². The van der Waals surface area contributed by atoms with Crippen molar-refractivity contribution >= 4 is 5.97 Å². The van der Waals surface area contributed by atoms with Crippen molar-refractivity contribution in [3.05, 3.63) is 0 Å². The highest BCUT2D eigenvalue weighted by atomic mass is 19.3. The first-order valence-electron chi connectivity index (χ1n) is 6.92. The monoisotopic (exact) mass is 256 g/mol. The van der Waals surface area contributed by atoms with Crippen molar-refractivity contribution in [2.75, 3.05) is 6.61 Å². The van der Waals surface area contributed by atoms with Gasteiger partial charge in [-0.2, -0.15) is 8.78 Å². The van der Waals surface area contributed by atoms with Gasteiger partial charge >= 0.3 is 11.9 Å². The van der Waals surface area contributed by atoms with Gasteiger partial charge in [-0.05, 0) is 55.3 Å². The first-order chi connectivity index (χ1) is 8.37. The Labute approximate surface area is 105 Å².